The van der Waals surface area contributed by atoms with Gasteiger partial charge in [-0.3, -0.25) is 4.79 Å². The number of carbonyl (C=O) groups excluding carboxylic acids is 1. The first-order valence-electron chi connectivity index (χ1n) is 4.62. The van der Waals surface area contributed by atoms with Crippen molar-refractivity contribution in [1.82, 2.24) is 0 Å². The fraction of sp³-hybridized carbons (Fsp3) is 0.364. The van der Waals surface area contributed by atoms with Gasteiger partial charge in [-0.05, 0) is 11.5 Å². The second-order valence-electron chi connectivity index (χ2n) is 3.45. The van der Waals surface area contributed by atoms with Crippen molar-refractivity contribution in [3.05, 3.63) is 35.9 Å². The lowest BCUT2D eigenvalue weighted by atomic mass is 9.87. The number of primary amides is 1. The third kappa shape index (κ3) is 2.33. The Morgan fingerprint density at radius 1 is 1.43 bits per heavy atom. The van der Waals surface area contributed by atoms with Crippen LogP contribution in [0.2, 0.25) is 0 Å². The van der Waals surface area contributed by atoms with Crippen LogP contribution in [0.15, 0.2) is 30.3 Å². The van der Waals surface area contributed by atoms with Crippen LogP contribution in [0.25, 0.3) is 0 Å². The van der Waals surface area contributed by atoms with E-state index in [2.05, 4.69) is 0 Å². The Hall–Kier alpha value is -1.35. The van der Waals surface area contributed by atoms with Gasteiger partial charge in [-0.1, -0.05) is 37.3 Å². The number of aliphatic hydroxyl groups excluding tert-OH is 1. The van der Waals surface area contributed by atoms with Crippen molar-refractivity contribution < 1.29 is 9.90 Å². The van der Waals surface area contributed by atoms with E-state index in [0.717, 1.165) is 5.56 Å². The molecule has 0 aliphatic carbocycles. The molecule has 2 atom stereocenters. The summed E-state index contributed by atoms with van der Waals surface area (Å²) >= 11 is 0. The van der Waals surface area contributed by atoms with Crippen molar-refractivity contribution in [3.8, 4) is 0 Å². The topological polar surface area (TPSA) is 63.3 Å². The quantitative estimate of drug-likeness (QED) is 0.745. The largest absolute Gasteiger partial charge is 0.396 e. The van der Waals surface area contributed by atoms with E-state index in [1.54, 1.807) is 0 Å². The lowest BCUT2D eigenvalue weighted by Gasteiger charge is -2.19. The molecule has 1 aromatic rings. The summed E-state index contributed by atoms with van der Waals surface area (Å²) in [5.74, 6) is -0.936. The van der Waals surface area contributed by atoms with Crippen LogP contribution in [0.3, 0.4) is 0 Å². The molecule has 1 amide bonds. The molecule has 2 unspecified atom stereocenters. The highest BCUT2D eigenvalue weighted by molar-refractivity contribution is 5.82. The van der Waals surface area contributed by atoms with E-state index in [-0.39, 0.29) is 12.5 Å². The van der Waals surface area contributed by atoms with Crippen molar-refractivity contribution >= 4 is 5.91 Å². The highest BCUT2D eigenvalue weighted by Crippen LogP contribution is 2.23. The van der Waals surface area contributed by atoms with Gasteiger partial charge in [0.15, 0.2) is 0 Å². The first-order valence-corrected chi connectivity index (χ1v) is 4.62. The van der Waals surface area contributed by atoms with E-state index in [1.165, 1.54) is 0 Å². The normalized spacial score (nSPS) is 14.7. The molecule has 0 radical (unpaired) electrons. The number of hydrogen-bond acceptors (Lipinski definition) is 2. The smallest absolute Gasteiger partial charge is 0.225 e. The lowest BCUT2D eigenvalue weighted by Crippen LogP contribution is -2.28. The van der Waals surface area contributed by atoms with Crippen LogP contribution in [-0.4, -0.2) is 17.6 Å². The van der Waals surface area contributed by atoms with Gasteiger partial charge in [0.2, 0.25) is 5.91 Å². The van der Waals surface area contributed by atoms with Gasteiger partial charge in [-0.25, -0.2) is 0 Å². The summed E-state index contributed by atoms with van der Waals surface area (Å²) in [4.78, 5) is 11.2. The lowest BCUT2D eigenvalue weighted by molar-refractivity contribution is -0.120. The van der Waals surface area contributed by atoms with Crippen LogP contribution in [-0.2, 0) is 4.79 Å². The SMILES string of the molecule is CC(CO)C(C(N)=O)c1ccccc1. The van der Waals surface area contributed by atoms with Crippen LogP contribution in [0, 0.1) is 5.92 Å². The van der Waals surface area contributed by atoms with Crippen LogP contribution >= 0.6 is 0 Å². The average molecular weight is 193 g/mol. The predicted molar refractivity (Wildman–Crippen MR) is 54.6 cm³/mol. The third-order valence-corrected chi connectivity index (χ3v) is 2.32. The second-order valence-corrected chi connectivity index (χ2v) is 3.45. The maximum absolute atomic E-state index is 11.2. The summed E-state index contributed by atoms with van der Waals surface area (Å²) in [7, 11) is 0. The van der Waals surface area contributed by atoms with Crippen molar-refractivity contribution in [2.45, 2.75) is 12.8 Å². The van der Waals surface area contributed by atoms with Crippen molar-refractivity contribution in [2.75, 3.05) is 6.61 Å². The number of rotatable bonds is 4. The number of carbonyl (C=O) groups is 1. The summed E-state index contributed by atoms with van der Waals surface area (Å²) in [6.07, 6.45) is 0. The fourth-order valence-corrected chi connectivity index (χ4v) is 1.54. The van der Waals surface area contributed by atoms with E-state index in [0.29, 0.717) is 0 Å². The Balaban J connectivity index is 2.95. The molecular weight excluding hydrogens is 178 g/mol. The van der Waals surface area contributed by atoms with Crippen LogP contribution in [0.4, 0.5) is 0 Å². The predicted octanol–water partition coefficient (Wildman–Crippen LogP) is 0.884. The van der Waals surface area contributed by atoms with Gasteiger partial charge >= 0.3 is 0 Å². The Bertz CT molecular complexity index is 297. The minimum Gasteiger partial charge on any atom is -0.396 e. The molecule has 0 heterocycles. The number of hydrogen-bond donors (Lipinski definition) is 2. The molecule has 0 saturated heterocycles. The Labute approximate surface area is 83.6 Å². The molecule has 0 bridgehead atoms. The van der Waals surface area contributed by atoms with Gasteiger partial charge in [0, 0.05) is 6.61 Å². The molecule has 1 rings (SSSR count). The van der Waals surface area contributed by atoms with E-state index < -0.39 is 11.8 Å². The molecule has 0 aliphatic heterocycles. The van der Waals surface area contributed by atoms with E-state index in [1.807, 2.05) is 37.3 Å². The van der Waals surface area contributed by atoms with Gasteiger partial charge in [-0.2, -0.15) is 0 Å². The zero-order valence-electron chi connectivity index (χ0n) is 8.18. The van der Waals surface area contributed by atoms with Crippen molar-refractivity contribution in [1.29, 1.82) is 0 Å². The number of aliphatic hydroxyl groups is 1. The highest BCUT2D eigenvalue weighted by Gasteiger charge is 2.23. The summed E-state index contributed by atoms with van der Waals surface area (Å²) in [5, 5.41) is 9.01. The summed E-state index contributed by atoms with van der Waals surface area (Å²) in [6.45, 7) is 1.77. The monoisotopic (exact) mass is 193 g/mol. The number of amides is 1. The first-order chi connectivity index (χ1) is 6.66. The molecule has 0 spiro atoms. The summed E-state index contributed by atoms with van der Waals surface area (Å²) in [5.41, 5.74) is 6.16. The molecule has 76 valence electrons. The first kappa shape index (κ1) is 10.7. The highest BCUT2D eigenvalue weighted by atomic mass is 16.3. The van der Waals surface area contributed by atoms with Crippen LogP contribution in [0.1, 0.15) is 18.4 Å². The van der Waals surface area contributed by atoms with E-state index >= 15 is 0 Å². The molecule has 3 heteroatoms. The van der Waals surface area contributed by atoms with Gasteiger partial charge in [-0.15, -0.1) is 0 Å². The van der Waals surface area contributed by atoms with Gasteiger partial charge in [0.25, 0.3) is 0 Å². The summed E-state index contributed by atoms with van der Waals surface area (Å²) < 4.78 is 0. The Morgan fingerprint density at radius 2 is 2.00 bits per heavy atom. The second kappa shape index (κ2) is 4.77. The maximum Gasteiger partial charge on any atom is 0.225 e. The molecular formula is C11H15NO2. The standard InChI is InChI=1S/C11H15NO2/c1-8(7-13)10(11(12)14)9-5-3-2-4-6-9/h2-6,8,10,13H,7H2,1H3,(H2,12,14). The van der Waals surface area contributed by atoms with E-state index in [4.69, 9.17) is 10.8 Å². The Morgan fingerprint density at radius 3 is 2.43 bits per heavy atom. The minimum absolute atomic E-state index is 0.0392. The van der Waals surface area contributed by atoms with Crippen molar-refractivity contribution in [2.24, 2.45) is 11.7 Å². The molecule has 0 aliphatic rings. The van der Waals surface area contributed by atoms with Gasteiger partial charge < -0.3 is 10.8 Å². The molecule has 3 nitrogen and oxygen atoms in total. The van der Waals surface area contributed by atoms with Crippen LogP contribution in [0.5, 0.6) is 0 Å². The minimum atomic E-state index is -0.402. The number of benzene rings is 1. The van der Waals surface area contributed by atoms with Crippen molar-refractivity contribution in [3.63, 3.8) is 0 Å². The Kier molecular flexibility index (Phi) is 3.65. The number of nitrogens with two attached hydrogens (primary N) is 1. The van der Waals surface area contributed by atoms with Gasteiger partial charge in [0.05, 0.1) is 5.92 Å². The maximum atomic E-state index is 11.2. The molecule has 0 fully saturated rings. The van der Waals surface area contributed by atoms with E-state index in [9.17, 15) is 4.79 Å². The molecule has 3 N–H and O–H groups in total. The summed E-state index contributed by atoms with van der Waals surface area (Å²) in [6, 6.07) is 9.29. The van der Waals surface area contributed by atoms with Crippen LogP contribution < -0.4 is 5.73 Å². The molecule has 0 aromatic heterocycles. The zero-order chi connectivity index (χ0) is 10.6. The molecule has 1 aromatic carbocycles. The van der Waals surface area contributed by atoms with Gasteiger partial charge in [0.1, 0.15) is 0 Å². The average Bonchev–Trinajstić information content (AvgIpc) is 2.19. The molecule has 0 saturated carbocycles. The fourth-order valence-electron chi connectivity index (χ4n) is 1.54. The third-order valence-electron chi connectivity index (χ3n) is 2.32. The zero-order valence-corrected chi connectivity index (χ0v) is 8.18. The molecule has 14 heavy (non-hydrogen) atoms.